The molecule has 0 bridgehead atoms. The van der Waals surface area contributed by atoms with E-state index in [1.807, 2.05) is 6.07 Å². The molecule has 0 aliphatic rings. The topological polar surface area (TPSA) is 149 Å². The number of benzene rings is 3. The van der Waals surface area contributed by atoms with E-state index >= 15 is 0 Å². The van der Waals surface area contributed by atoms with Gasteiger partial charge in [-0.2, -0.15) is 5.26 Å². The van der Waals surface area contributed by atoms with E-state index in [1.54, 1.807) is 36.4 Å². The summed E-state index contributed by atoms with van der Waals surface area (Å²) < 4.78 is 33.0. The summed E-state index contributed by atoms with van der Waals surface area (Å²) >= 11 is 0. The van der Waals surface area contributed by atoms with E-state index in [4.69, 9.17) is 14.6 Å². The van der Waals surface area contributed by atoms with Crippen molar-refractivity contribution in [1.29, 1.82) is 5.26 Å². The van der Waals surface area contributed by atoms with Crippen molar-refractivity contribution >= 4 is 33.7 Å². The SMILES string of the molecule is COc1ccc(C(=O)Oc2ccc(C=C(C#N)C(=O)Nc3ccc(S(N)(=O)=O)cc3)cc2)cc1. The van der Waals surface area contributed by atoms with Crippen LogP contribution in [0.5, 0.6) is 11.5 Å². The largest absolute Gasteiger partial charge is 0.497 e. The van der Waals surface area contributed by atoms with E-state index in [-0.39, 0.29) is 16.2 Å². The Bertz CT molecular complexity index is 1370. The standard InChI is InChI=1S/C24H19N3O6S/c1-32-20-10-4-17(5-11-20)24(29)33-21-8-2-16(3-9-21)14-18(15-25)23(28)27-19-6-12-22(13-7-19)34(26,30)31/h2-14H,1H3,(H,27,28)(H2,26,30,31). The van der Waals surface area contributed by atoms with Gasteiger partial charge in [-0.1, -0.05) is 12.1 Å². The number of nitrogens with one attached hydrogen (secondary N) is 1. The Kier molecular flexibility index (Phi) is 7.43. The average Bonchev–Trinajstić information content (AvgIpc) is 2.83. The summed E-state index contributed by atoms with van der Waals surface area (Å²) in [6.45, 7) is 0. The molecule has 9 nitrogen and oxygen atoms in total. The van der Waals surface area contributed by atoms with Gasteiger partial charge in [-0.25, -0.2) is 18.4 Å². The van der Waals surface area contributed by atoms with Crippen molar-refractivity contribution in [3.8, 4) is 17.6 Å². The number of sulfonamides is 1. The van der Waals surface area contributed by atoms with Gasteiger partial charge < -0.3 is 14.8 Å². The summed E-state index contributed by atoms with van der Waals surface area (Å²) in [5.74, 6) is -0.321. The van der Waals surface area contributed by atoms with E-state index in [0.29, 0.717) is 22.6 Å². The molecule has 0 heterocycles. The number of esters is 1. The minimum absolute atomic E-state index is 0.102. The number of carbonyl (C=O) groups excluding carboxylic acids is 2. The summed E-state index contributed by atoms with van der Waals surface area (Å²) in [6, 6.07) is 19.7. The molecular formula is C24H19N3O6S. The van der Waals surface area contributed by atoms with Gasteiger partial charge in [0.15, 0.2) is 0 Å². The van der Waals surface area contributed by atoms with Gasteiger partial charge in [0.2, 0.25) is 10.0 Å². The molecule has 0 saturated carbocycles. The summed E-state index contributed by atoms with van der Waals surface area (Å²) in [6.07, 6.45) is 1.36. The Morgan fingerprint density at radius 1 is 0.941 bits per heavy atom. The number of amides is 1. The molecule has 0 spiro atoms. The number of ether oxygens (including phenoxy) is 2. The molecule has 0 fully saturated rings. The maximum absolute atomic E-state index is 12.4. The second-order valence-corrected chi connectivity index (χ2v) is 8.44. The number of carbonyl (C=O) groups is 2. The van der Waals surface area contributed by atoms with Crippen molar-refractivity contribution in [2.45, 2.75) is 4.90 Å². The first-order valence-electron chi connectivity index (χ1n) is 9.72. The molecule has 0 aliphatic carbocycles. The lowest BCUT2D eigenvalue weighted by Gasteiger charge is -2.07. The van der Waals surface area contributed by atoms with Crippen molar-refractivity contribution in [1.82, 2.24) is 0 Å². The second kappa shape index (κ2) is 10.4. The minimum atomic E-state index is -3.85. The third-order valence-corrected chi connectivity index (χ3v) is 5.46. The fourth-order valence-electron chi connectivity index (χ4n) is 2.77. The van der Waals surface area contributed by atoms with Crippen molar-refractivity contribution in [2.75, 3.05) is 12.4 Å². The number of nitrogens with two attached hydrogens (primary N) is 1. The number of hydrogen-bond acceptors (Lipinski definition) is 7. The van der Waals surface area contributed by atoms with Gasteiger partial charge in [-0.15, -0.1) is 0 Å². The normalized spacial score (nSPS) is 11.3. The number of primary sulfonamides is 1. The molecule has 1 amide bonds. The van der Waals surface area contributed by atoms with Crippen molar-refractivity contribution in [3.05, 3.63) is 89.5 Å². The molecular weight excluding hydrogens is 458 g/mol. The van der Waals surface area contributed by atoms with Crippen LogP contribution in [0, 0.1) is 11.3 Å². The number of methoxy groups -OCH3 is 1. The van der Waals surface area contributed by atoms with Gasteiger partial charge in [-0.3, -0.25) is 4.79 Å². The fourth-order valence-corrected chi connectivity index (χ4v) is 3.28. The molecule has 0 radical (unpaired) electrons. The molecule has 0 unspecified atom stereocenters. The lowest BCUT2D eigenvalue weighted by atomic mass is 10.1. The first-order valence-corrected chi connectivity index (χ1v) is 11.3. The van der Waals surface area contributed by atoms with Crippen LogP contribution in [0.1, 0.15) is 15.9 Å². The molecule has 3 aromatic carbocycles. The smallest absolute Gasteiger partial charge is 0.343 e. The number of hydrogen-bond donors (Lipinski definition) is 2. The fraction of sp³-hybridized carbons (Fsp3) is 0.0417. The average molecular weight is 477 g/mol. The summed E-state index contributed by atoms with van der Waals surface area (Å²) in [5, 5.41) is 16.9. The first-order chi connectivity index (χ1) is 16.2. The lowest BCUT2D eigenvalue weighted by Crippen LogP contribution is -2.14. The highest BCUT2D eigenvalue weighted by atomic mass is 32.2. The molecule has 0 atom stereocenters. The second-order valence-electron chi connectivity index (χ2n) is 6.88. The number of rotatable bonds is 7. The third-order valence-electron chi connectivity index (χ3n) is 4.53. The maximum atomic E-state index is 12.4. The minimum Gasteiger partial charge on any atom is -0.497 e. The summed E-state index contributed by atoms with van der Waals surface area (Å²) in [4.78, 5) is 24.6. The molecule has 0 saturated heterocycles. The lowest BCUT2D eigenvalue weighted by molar-refractivity contribution is -0.112. The van der Waals surface area contributed by atoms with Crippen LogP contribution < -0.4 is 19.9 Å². The van der Waals surface area contributed by atoms with Gasteiger partial charge in [0.05, 0.1) is 17.6 Å². The zero-order valence-corrected chi connectivity index (χ0v) is 18.7. The van der Waals surface area contributed by atoms with Gasteiger partial charge in [0.1, 0.15) is 23.1 Å². The molecule has 34 heavy (non-hydrogen) atoms. The van der Waals surface area contributed by atoms with Crippen LogP contribution in [-0.4, -0.2) is 27.4 Å². The van der Waals surface area contributed by atoms with Crippen molar-refractivity contribution < 1.29 is 27.5 Å². The van der Waals surface area contributed by atoms with Crippen molar-refractivity contribution in [3.63, 3.8) is 0 Å². The highest BCUT2D eigenvalue weighted by Crippen LogP contribution is 2.19. The highest BCUT2D eigenvalue weighted by molar-refractivity contribution is 7.89. The highest BCUT2D eigenvalue weighted by Gasteiger charge is 2.12. The quantitative estimate of drug-likeness (QED) is 0.230. The van der Waals surface area contributed by atoms with Gasteiger partial charge in [0.25, 0.3) is 5.91 Å². The molecule has 3 aromatic rings. The summed E-state index contributed by atoms with van der Waals surface area (Å²) in [5.41, 5.74) is 0.990. The van der Waals surface area contributed by atoms with Crippen molar-refractivity contribution in [2.24, 2.45) is 5.14 Å². The van der Waals surface area contributed by atoms with Gasteiger partial charge >= 0.3 is 5.97 Å². The van der Waals surface area contributed by atoms with Gasteiger partial charge in [0, 0.05) is 5.69 Å². The first kappa shape index (κ1) is 24.2. The maximum Gasteiger partial charge on any atom is 0.343 e. The third kappa shape index (κ3) is 6.29. The monoisotopic (exact) mass is 477 g/mol. The molecule has 172 valence electrons. The van der Waals surface area contributed by atoms with Crippen LogP contribution in [-0.2, 0) is 14.8 Å². The predicted molar refractivity (Wildman–Crippen MR) is 124 cm³/mol. The van der Waals surface area contributed by atoms with E-state index in [9.17, 15) is 23.3 Å². The Hall–Kier alpha value is -4.46. The number of nitrogens with zero attached hydrogens (tertiary/aromatic N) is 1. The van der Waals surface area contributed by atoms with Crippen LogP contribution >= 0.6 is 0 Å². The molecule has 3 rings (SSSR count). The molecule has 0 aliphatic heterocycles. The van der Waals surface area contributed by atoms with Crippen LogP contribution in [0.25, 0.3) is 6.08 Å². The van der Waals surface area contributed by atoms with E-state index in [0.717, 1.165) is 0 Å². The van der Waals surface area contributed by atoms with E-state index < -0.39 is 21.9 Å². The number of anilines is 1. The van der Waals surface area contributed by atoms with Gasteiger partial charge in [-0.05, 0) is 72.3 Å². The number of nitriles is 1. The zero-order valence-electron chi connectivity index (χ0n) is 17.9. The predicted octanol–water partition coefficient (Wildman–Crippen LogP) is 3.11. The molecule has 0 aromatic heterocycles. The van der Waals surface area contributed by atoms with E-state index in [2.05, 4.69) is 5.32 Å². The molecule has 10 heteroatoms. The Balaban J connectivity index is 1.66. The van der Waals surface area contributed by atoms with Crippen LogP contribution in [0.2, 0.25) is 0 Å². The molecule has 3 N–H and O–H groups in total. The van der Waals surface area contributed by atoms with Crippen LogP contribution in [0.15, 0.2) is 83.3 Å². The Morgan fingerprint density at radius 3 is 2.06 bits per heavy atom. The zero-order chi connectivity index (χ0) is 24.7. The Morgan fingerprint density at radius 2 is 1.53 bits per heavy atom. The van der Waals surface area contributed by atoms with Crippen LogP contribution in [0.3, 0.4) is 0 Å². The Labute approximate surface area is 196 Å². The van der Waals surface area contributed by atoms with E-state index in [1.165, 1.54) is 49.6 Å². The summed E-state index contributed by atoms with van der Waals surface area (Å²) in [7, 11) is -2.33. The van der Waals surface area contributed by atoms with Crippen LogP contribution in [0.4, 0.5) is 5.69 Å².